The molecule has 0 saturated carbocycles. The van der Waals surface area contributed by atoms with Crippen LogP contribution in [0.1, 0.15) is 23.3 Å². The summed E-state index contributed by atoms with van der Waals surface area (Å²) in [7, 11) is 0. The second-order valence-electron chi connectivity index (χ2n) is 4.77. The van der Waals surface area contributed by atoms with Gasteiger partial charge >= 0.3 is 0 Å². The van der Waals surface area contributed by atoms with Gasteiger partial charge in [-0.2, -0.15) is 5.10 Å². The van der Waals surface area contributed by atoms with Crippen LogP contribution in [-0.2, 0) is 6.61 Å². The normalized spacial score (nSPS) is 12.1. The molecule has 0 aliphatic carbocycles. The van der Waals surface area contributed by atoms with Crippen molar-refractivity contribution < 1.29 is 4.74 Å². The molecule has 2 aromatic carbocycles. The second kappa shape index (κ2) is 6.60. The average Bonchev–Trinajstić information content (AvgIpc) is 3.03. The van der Waals surface area contributed by atoms with Crippen molar-refractivity contribution in [3.05, 3.63) is 76.8 Å². The molecule has 1 heterocycles. The summed E-state index contributed by atoms with van der Waals surface area (Å²) in [5, 5.41) is 7.67. The summed E-state index contributed by atoms with van der Waals surface area (Å²) in [6, 6.07) is 16.5. The number of hydrogen-bond donors (Lipinski definition) is 2. The predicted octanol–water partition coefficient (Wildman–Crippen LogP) is 3.09. The van der Waals surface area contributed by atoms with E-state index in [0.29, 0.717) is 16.7 Å². The van der Waals surface area contributed by atoms with Gasteiger partial charge in [0.05, 0.1) is 6.04 Å². The Balaban J connectivity index is 1.65. The number of halogens is 1. The van der Waals surface area contributed by atoms with Crippen molar-refractivity contribution in [2.45, 2.75) is 12.6 Å². The third-order valence-electron chi connectivity index (χ3n) is 3.18. The van der Waals surface area contributed by atoms with Crippen LogP contribution in [0.5, 0.6) is 5.75 Å². The fourth-order valence-corrected chi connectivity index (χ4v) is 2.13. The van der Waals surface area contributed by atoms with E-state index in [-0.39, 0.29) is 12.6 Å². The molecule has 3 N–H and O–H groups in total. The molecule has 1 atom stereocenters. The number of nitrogens with two attached hydrogens (primary N) is 1. The van der Waals surface area contributed by atoms with E-state index in [1.807, 2.05) is 30.3 Å². The minimum Gasteiger partial charge on any atom is -0.486 e. The third kappa shape index (κ3) is 3.44. The number of ether oxygens (including phenoxy) is 1. The first-order chi connectivity index (χ1) is 10.7. The Morgan fingerprint density at radius 2 is 1.82 bits per heavy atom. The van der Waals surface area contributed by atoms with Crippen molar-refractivity contribution in [2.24, 2.45) is 5.73 Å². The first kappa shape index (κ1) is 14.6. The first-order valence-electron chi connectivity index (χ1n) is 6.82. The summed E-state index contributed by atoms with van der Waals surface area (Å²) in [6.07, 6.45) is 0. The van der Waals surface area contributed by atoms with Crippen LogP contribution in [0.2, 0.25) is 5.02 Å². The van der Waals surface area contributed by atoms with Crippen LogP contribution in [0.15, 0.2) is 54.6 Å². The van der Waals surface area contributed by atoms with Gasteiger partial charge in [0, 0.05) is 5.02 Å². The summed E-state index contributed by atoms with van der Waals surface area (Å²) in [5.74, 6) is 1.88. The fraction of sp³-hybridized carbons (Fsp3) is 0.125. The first-order valence-corrected chi connectivity index (χ1v) is 7.20. The van der Waals surface area contributed by atoms with E-state index in [4.69, 9.17) is 22.1 Å². The van der Waals surface area contributed by atoms with Gasteiger partial charge in [-0.05, 0) is 29.8 Å². The number of aromatic nitrogens is 3. The minimum absolute atomic E-state index is 0.288. The molecule has 112 valence electrons. The molecular weight excluding hydrogens is 300 g/mol. The van der Waals surface area contributed by atoms with Gasteiger partial charge in [0.1, 0.15) is 12.4 Å². The number of benzene rings is 2. The number of H-pyrrole nitrogens is 1. The van der Waals surface area contributed by atoms with Gasteiger partial charge in [-0.25, -0.2) is 4.98 Å². The van der Waals surface area contributed by atoms with Crippen LogP contribution in [0.4, 0.5) is 0 Å². The van der Waals surface area contributed by atoms with Gasteiger partial charge in [-0.1, -0.05) is 41.9 Å². The van der Waals surface area contributed by atoms with Crippen LogP contribution in [-0.4, -0.2) is 15.2 Å². The molecule has 6 heteroatoms. The standard InChI is InChI=1S/C16H15ClN4O/c17-12-6-8-13(9-7-12)22-10-14-19-16(21-20-14)15(18)11-4-2-1-3-5-11/h1-9,15H,10,18H2,(H,19,20,21)/t15-/m0/s1. The summed E-state index contributed by atoms with van der Waals surface area (Å²) < 4.78 is 5.61. The van der Waals surface area contributed by atoms with E-state index in [1.54, 1.807) is 24.3 Å². The highest BCUT2D eigenvalue weighted by molar-refractivity contribution is 6.30. The van der Waals surface area contributed by atoms with E-state index in [1.165, 1.54) is 0 Å². The van der Waals surface area contributed by atoms with Crippen LogP contribution >= 0.6 is 11.6 Å². The lowest BCUT2D eigenvalue weighted by atomic mass is 10.1. The van der Waals surface area contributed by atoms with Gasteiger partial charge < -0.3 is 10.5 Å². The second-order valence-corrected chi connectivity index (χ2v) is 5.21. The fourth-order valence-electron chi connectivity index (χ4n) is 2.01. The summed E-state index contributed by atoms with van der Waals surface area (Å²) in [4.78, 5) is 4.38. The zero-order valence-electron chi connectivity index (χ0n) is 11.7. The highest BCUT2D eigenvalue weighted by Gasteiger charge is 2.14. The van der Waals surface area contributed by atoms with Crippen molar-refractivity contribution in [3.8, 4) is 5.75 Å². The van der Waals surface area contributed by atoms with Crippen molar-refractivity contribution in [1.29, 1.82) is 0 Å². The Kier molecular flexibility index (Phi) is 4.37. The number of nitrogens with zero attached hydrogens (tertiary/aromatic N) is 2. The molecule has 5 nitrogen and oxygen atoms in total. The third-order valence-corrected chi connectivity index (χ3v) is 3.43. The summed E-state index contributed by atoms with van der Waals surface area (Å²) in [5.41, 5.74) is 7.12. The zero-order chi connectivity index (χ0) is 15.4. The van der Waals surface area contributed by atoms with Crippen LogP contribution in [0.3, 0.4) is 0 Å². The molecule has 0 spiro atoms. The molecule has 0 bridgehead atoms. The van der Waals surface area contributed by atoms with E-state index in [9.17, 15) is 0 Å². The minimum atomic E-state index is -0.360. The zero-order valence-corrected chi connectivity index (χ0v) is 12.5. The van der Waals surface area contributed by atoms with Crippen LogP contribution in [0.25, 0.3) is 0 Å². The number of rotatable bonds is 5. The molecule has 0 unspecified atom stereocenters. The smallest absolute Gasteiger partial charge is 0.172 e. The lowest BCUT2D eigenvalue weighted by Gasteiger charge is -2.07. The molecule has 1 aromatic heterocycles. The van der Waals surface area contributed by atoms with Crippen molar-refractivity contribution in [2.75, 3.05) is 0 Å². The number of hydrogen-bond acceptors (Lipinski definition) is 4. The van der Waals surface area contributed by atoms with Gasteiger partial charge in [-0.15, -0.1) is 0 Å². The highest BCUT2D eigenvalue weighted by Crippen LogP contribution is 2.18. The molecule has 3 aromatic rings. The van der Waals surface area contributed by atoms with Crippen LogP contribution in [0, 0.1) is 0 Å². The number of aromatic amines is 1. The van der Waals surface area contributed by atoms with Crippen molar-refractivity contribution in [1.82, 2.24) is 15.2 Å². The van der Waals surface area contributed by atoms with E-state index < -0.39 is 0 Å². The maximum absolute atomic E-state index is 6.15. The maximum Gasteiger partial charge on any atom is 0.172 e. The number of nitrogens with one attached hydrogen (secondary N) is 1. The molecule has 22 heavy (non-hydrogen) atoms. The van der Waals surface area contributed by atoms with Crippen LogP contribution < -0.4 is 10.5 Å². The largest absolute Gasteiger partial charge is 0.486 e. The molecule has 0 radical (unpaired) electrons. The van der Waals surface area contributed by atoms with E-state index >= 15 is 0 Å². The molecule has 0 amide bonds. The molecule has 0 saturated heterocycles. The highest BCUT2D eigenvalue weighted by atomic mass is 35.5. The van der Waals surface area contributed by atoms with Gasteiger partial charge in [0.2, 0.25) is 0 Å². The van der Waals surface area contributed by atoms with Gasteiger partial charge in [0.15, 0.2) is 11.6 Å². The molecule has 3 rings (SSSR count). The lowest BCUT2D eigenvalue weighted by Crippen LogP contribution is -2.13. The molecular formula is C16H15ClN4O. The summed E-state index contributed by atoms with van der Waals surface area (Å²) in [6.45, 7) is 0.288. The maximum atomic E-state index is 6.15. The topological polar surface area (TPSA) is 76.8 Å². The van der Waals surface area contributed by atoms with E-state index in [0.717, 1.165) is 11.3 Å². The monoisotopic (exact) mass is 314 g/mol. The Labute approximate surface area is 133 Å². The van der Waals surface area contributed by atoms with Gasteiger partial charge in [-0.3, -0.25) is 5.10 Å². The Morgan fingerprint density at radius 1 is 1.09 bits per heavy atom. The average molecular weight is 315 g/mol. The molecule has 0 aliphatic rings. The van der Waals surface area contributed by atoms with Gasteiger partial charge in [0.25, 0.3) is 0 Å². The predicted molar refractivity (Wildman–Crippen MR) is 84.6 cm³/mol. The lowest BCUT2D eigenvalue weighted by molar-refractivity contribution is 0.296. The molecule has 0 aliphatic heterocycles. The van der Waals surface area contributed by atoms with E-state index in [2.05, 4.69) is 15.2 Å². The Bertz CT molecular complexity index is 727. The molecule has 0 fully saturated rings. The quantitative estimate of drug-likeness (QED) is 0.758. The van der Waals surface area contributed by atoms with Crippen molar-refractivity contribution >= 4 is 11.6 Å². The Hall–Kier alpha value is -2.37. The van der Waals surface area contributed by atoms with Crippen molar-refractivity contribution in [3.63, 3.8) is 0 Å². The SMILES string of the molecule is N[C@@H](c1ccccc1)c1n[nH]c(COc2ccc(Cl)cc2)n1. The Morgan fingerprint density at radius 3 is 2.55 bits per heavy atom. The summed E-state index contributed by atoms with van der Waals surface area (Å²) >= 11 is 5.83.